The number of anilines is 1. The molecule has 0 radical (unpaired) electrons. The summed E-state index contributed by atoms with van der Waals surface area (Å²) in [5, 5.41) is 13.8. The highest BCUT2D eigenvalue weighted by Crippen LogP contribution is 2.22. The molecule has 110 valence electrons. The van der Waals surface area contributed by atoms with Crippen LogP contribution in [0, 0.1) is 10.1 Å². The minimum absolute atomic E-state index is 0.00729. The summed E-state index contributed by atoms with van der Waals surface area (Å²) in [5.74, 6) is 0.771. The van der Waals surface area contributed by atoms with Gasteiger partial charge in [0.1, 0.15) is 12.4 Å². The summed E-state index contributed by atoms with van der Waals surface area (Å²) in [6, 6.07) is 2.78. The van der Waals surface area contributed by atoms with Gasteiger partial charge >= 0.3 is 0 Å². The molecule has 0 aliphatic carbocycles. The molecule has 1 N–H and O–H groups in total. The molecule has 0 bridgehead atoms. The zero-order valence-electron chi connectivity index (χ0n) is 11.7. The molecular formula is C13H20N4O3. The number of hydrogen-bond donors (Lipinski definition) is 1. The van der Waals surface area contributed by atoms with E-state index in [1.165, 1.54) is 25.0 Å². The van der Waals surface area contributed by atoms with Crippen molar-refractivity contribution in [2.24, 2.45) is 0 Å². The van der Waals surface area contributed by atoms with Gasteiger partial charge < -0.3 is 10.1 Å². The first kappa shape index (κ1) is 14.5. The van der Waals surface area contributed by atoms with Gasteiger partial charge in [-0.25, -0.2) is 0 Å². The Balaban J connectivity index is 1.96. The molecule has 0 saturated carbocycles. The lowest BCUT2D eigenvalue weighted by Crippen LogP contribution is -2.25. The van der Waals surface area contributed by atoms with E-state index in [4.69, 9.17) is 4.74 Å². The van der Waals surface area contributed by atoms with Crippen LogP contribution >= 0.6 is 0 Å². The van der Waals surface area contributed by atoms with Gasteiger partial charge in [0.15, 0.2) is 0 Å². The molecule has 2 rings (SSSR count). The van der Waals surface area contributed by atoms with Crippen LogP contribution in [0.2, 0.25) is 0 Å². The minimum Gasteiger partial charge on any atom is -0.476 e. The maximum atomic E-state index is 10.9. The number of ether oxygens (including phenoxy) is 1. The zero-order valence-corrected chi connectivity index (χ0v) is 11.7. The Morgan fingerprint density at radius 2 is 2.20 bits per heavy atom. The van der Waals surface area contributed by atoms with Crippen LogP contribution in [0.4, 0.5) is 11.5 Å². The van der Waals surface area contributed by atoms with Gasteiger partial charge in [-0.1, -0.05) is 0 Å². The molecule has 1 fully saturated rings. The van der Waals surface area contributed by atoms with Gasteiger partial charge in [0.25, 0.3) is 5.69 Å². The van der Waals surface area contributed by atoms with Crippen LogP contribution in [0.3, 0.4) is 0 Å². The predicted octanol–water partition coefficient (Wildman–Crippen LogP) is 1.90. The van der Waals surface area contributed by atoms with Gasteiger partial charge in [0, 0.05) is 13.1 Å². The highest BCUT2D eigenvalue weighted by atomic mass is 16.6. The van der Waals surface area contributed by atoms with Crippen molar-refractivity contribution in [3.8, 4) is 5.88 Å². The second-order valence-corrected chi connectivity index (χ2v) is 4.73. The van der Waals surface area contributed by atoms with Gasteiger partial charge in [-0.2, -0.15) is 4.98 Å². The first-order valence-electron chi connectivity index (χ1n) is 6.94. The SMILES string of the molecule is CCNc1cc([N+](=O)[O-])cc(OCCN2CCCC2)n1. The lowest BCUT2D eigenvalue weighted by atomic mass is 10.4. The first-order chi connectivity index (χ1) is 9.69. The zero-order chi connectivity index (χ0) is 14.4. The van der Waals surface area contributed by atoms with Crippen LogP contribution < -0.4 is 10.1 Å². The molecule has 0 unspecified atom stereocenters. The molecule has 7 nitrogen and oxygen atoms in total. The Kier molecular flexibility index (Phi) is 5.11. The maximum Gasteiger partial charge on any atom is 0.278 e. The van der Waals surface area contributed by atoms with E-state index in [1.54, 1.807) is 0 Å². The number of hydrogen-bond acceptors (Lipinski definition) is 6. The van der Waals surface area contributed by atoms with Crippen LogP contribution in [0.25, 0.3) is 0 Å². The molecule has 2 heterocycles. The third kappa shape index (κ3) is 4.06. The third-order valence-corrected chi connectivity index (χ3v) is 3.21. The Bertz CT molecular complexity index is 461. The summed E-state index contributed by atoms with van der Waals surface area (Å²) >= 11 is 0. The largest absolute Gasteiger partial charge is 0.476 e. The fraction of sp³-hybridized carbons (Fsp3) is 0.615. The van der Waals surface area contributed by atoms with Crippen LogP contribution in [0.5, 0.6) is 5.88 Å². The molecule has 0 amide bonds. The van der Waals surface area contributed by atoms with E-state index in [9.17, 15) is 10.1 Å². The molecule has 20 heavy (non-hydrogen) atoms. The van der Waals surface area contributed by atoms with E-state index >= 15 is 0 Å². The minimum atomic E-state index is -0.435. The fourth-order valence-corrected chi connectivity index (χ4v) is 2.23. The van der Waals surface area contributed by atoms with Crippen molar-refractivity contribution in [3.05, 3.63) is 22.2 Å². The summed E-state index contributed by atoms with van der Waals surface area (Å²) in [7, 11) is 0. The Hall–Kier alpha value is -1.89. The number of pyridine rings is 1. The molecular weight excluding hydrogens is 260 g/mol. The highest BCUT2D eigenvalue weighted by Gasteiger charge is 2.14. The lowest BCUT2D eigenvalue weighted by molar-refractivity contribution is -0.384. The van der Waals surface area contributed by atoms with Crippen molar-refractivity contribution in [1.82, 2.24) is 9.88 Å². The third-order valence-electron chi connectivity index (χ3n) is 3.21. The molecule has 7 heteroatoms. The van der Waals surface area contributed by atoms with Crippen molar-refractivity contribution < 1.29 is 9.66 Å². The molecule has 1 aliphatic rings. The summed E-state index contributed by atoms with van der Waals surface area (Å²) in [6.07, 6.45) is 2.47. The van der Waals surface area contributed by atoms with E-state index in [2.05, 4.69) is 15.2 Å². The van der Waals surface area contributed by atoms with Gasteiger partial charge in [0.05, 0.1) is 17.1 Å². The first-order valence-corrected chi connectivity index (χ1v) is 6.94. The van der Waals surface area contributed by atoms with E-state index < -0.39 is 4.92 Å². The molecule has 0 spiro atoms. The second-order valence-electron chi connectivity index (χ2n) is 4.73. The predicted molar refractivity (Wildman–Crippen MR) is 76.2 cm³/mol. The van der Waals surface area contributed by atoms with E-state index in [-0.39, 0.29) is 5.69 Å². The number of nitrogens with one attached hydrogen (secondary N) is 1. The Labute approximate surface area is 118 Å². The second kappa shape index (κ2) is 7.04. The van der Waals surface area contributed by atoms with Gasteiger partial charge in [-0.15, -0.1) is 0 Å². The number of nitro groups is 1. The number of aromatic nitrogens is 1. The van der Waals surface area contributed by atoms with E-state index in [0.717, 1.165) is 19.6 Å². The average Bonchev–Trinajstić information content (AvgIpc) is 2.92. The van der Waals surface area contributed by atoms with Gasteiger partial charge in [-0.05, 0) is 32.9 Å². The molecule has 1 saturated heterocycles. The van der Waals surface area contributed by atoms with Crippen molar-refractivity contribution >= 4 is 11.5 Å². The summed E-state index contributed by atoms with van der Waals surface area (Å²) in [6.45, 7) is 6.11. The molecule has 1 aliphatic heterocycles. The number of rotatable bonds is 7. The van der Waals surface area contributed by atoms with Gasteiger partial charge in [0.2, 0.25) is 5.88 Å². The fourth-order valence-electron chi connectivity index (χ4n) is 2.23. The van der Waals surface area contributed by atoms with Crippen LogP contribution in [-0.2, 0) is 0 Å². The van der Waals surface area contributed by atoms with Crippen LogP contribution in [-0.4, -0.2) is 47.6 Å². The lowest BCUT2D eigenvalue weighted by Gasteiger charge is -2.14. The monoisotopic (exact) mass is 280 g/mol. The van der Waals surface area contributed by atoms with Gasteiger partial charge in [-0.3, -0.25) is 15.0 Å². The number of nitrogens with zero attached hydrogens (tertiary/aromatic N) is 3. The topological polar surface area (TPSA) is 80.5 Å². The smallest absolute Gasteiger partial charge is 0.278 e. The van der Waals surface area contributed by atoms with E-state index in [1.807, 2.05) is 6.92 Å². The molecule has 1 aromatic heterocycles. The molecule has 1 aromatic rings. The molecule has 0 aromatic carbocycles. The standard InChI is InChI=1S/C13H20N4O3/c1-2-14-12-9-11(17(18)19)10-13(15-12)20-8-7-16-5-3-4-6-16/h9-10H,2-8H2,1H3,(H,14,15). The highest BCUT2D eigenvalue weighted by molar-refractivity contribution is 5.48. The van der Waals surface area contributed by atoms with Crippen LogP contribution in [0.15, 0.2) is 12.1 Å². The maximum absolute atomic E-state index is 10.9. The van der Waals surface area contributed by atoms with Crippen molar-refractivity contribution in [3.63, 3.8) is 0 Å². The Morgan fingerprint density at radius 3 is 2.85 bits per heavy atom. The summed E-state index contributed by atoms with van der Waals surface area (Å²) < 4.78 is 5.55. The van der Waals surface area contributed by atoms with Crippen LogP contribution in [0.1, 0.15) is 19.8 Å². The average molecular weight is 280 g/mol. The summed E-state index contributed by atoms with van der Waals surface area (Å²) in [5.41, 5.74) is -0.00729. The van der Waals surface area contributed by atoms with E-state index in [0.29, 0.717) is 24.8 Å². The normalized spacial score (nSPS) is 15.2. The summed E-state index contributed by atoms with van der Waals surface area (Å²) in [4.78, 5) is 17.0. The number of likely N-dealkylation sites (tertiary alicyclic amines) is 1. The van der Waals surface area contributed by atoms with Crippen molar-refractivity contribution in [2.75, 3.05) is 38.1 Å². The Morgan fingerprint density at radius 1 is 1.45 bits per heavy atom. The molecule has 0 atom stereocenters. The van der Waals surface area contributed by atoms with Crippen molar-refractivity contribution in [1.29, 1.82) is 0 Å². The quantitative estimate of drug-likeness (QED) is 0.607. The van der Waals surface area contributed by atoms with Crippen molar-refractivity contribution in [2.45, 2.75) is 19.8 Å².